The molecule has 1 aliphatic carbocycles. The molecule has 4 rings (SSSR count). The molecule has 0 unspecified atom stereocenters. The maximum absolute atomic E-state index is 11.7. The van der Waals surface area contributed by atoms with Crippen LogP contribution in [0.25, 0.3) is 5.65 Å². The summed E-state index contributed by atoms with van der Waals surface area (Å²) in [5.41, 5.74) is 1.01. The Kier molecular flexibility index (Phi) is 4.37. The van der Waals surface area contributed by atoms with E-state index in [9.17, 15) is 4.79 Å². The molecule has 2 heterocycles. The molecule has 0 radical (unpaired) electrons. The van der Waals surface area contributed by atoms with Gasteiger partial charge in [-0.1, -0.05) is 31.4 Å². The molecule has 0 bridgehead atoms. The Morgan fingerprint density at radius 3 is 2.92 bits per heavy atom. The number of fused-ring (bicyclic) bond motifs is 1. The molecule has 25 heavy (non-hydrogen) atoms. The molecular weight excluding hydrogens is 318 g/mol. The van der Waals surface area contributed by atoms with Crippen LogP contribution in [0.2, 0.25) is 0 Å². The molecule has 0 saturated heterocycles. The molecule has 0 spiro atoms. The van der Waals surface area contributed by atoms with Crippen LogP contribution >= 0.6 is 0 Å². The van der Waals surface area contributed by atoms with E-state index >= 15 is 0 Å². The van der Waals surface area contributed by atoms with Gasteiger partial charge >= 0.3 is 0 Å². The first-order chi connectivity index (χ1) is 12.3. The van der Waals surface area contributed by atoms with Gasteiger partial charge in [-0.05, 0) is 25.0 Å². The van der Waals surface area contributed by atoms with Gasteiger partial charge in [-0.15, -0.1) is 10.2 Å². The Morgan fingerprint density at radius 1 is 1.20 bits per heavy atom. The summed E-state index contributed by atoms with van der Waals surface area (Å²) in [6.45, 7) is 0.244. The Hall–Kier alpha value is -2.83. The number of nitrogens with zero attached hydrogens (tertiary/aromatic N) is 3. The van der Waals surface area contributed by atoms with Crippen molar-refractivity contribution in [1.82, 2.24) is 19.6 Å². The third-order valence-electron chi connectivity index (χ3n) is 4.62. The number of benzene rings is 1. The number of aromatic nitrogens is 4. The highest BCUT2D eigenvalue weighted by Gasteiger charge is 2.15. The molecule has 130 valence electrons. The lowest BCUT2D eigenvalue weighted by atomic mass is 9.95. The zero-order valence-electron chi connectivity index (χ0n) is 13.9. The largest absolute Gasteiger partial charge is 0.483 e. The van der Waals surface area contributed by atoms with Crippen molar-refractivity contribution < 1.29 is 4.74 Å². The molecule has 1 saturated carbocycles. The molecule has 3 aromatic rings. The lowest BCUT2D eigenvalue weighted by Gasteiger charge is -2.25. The van der Waals surface area contributed by atoms with E-state index in [2.05, 4.69) is 20.5 Å². The van der Waals surface area contributed by atoms with Gasteiger partial charge in [0.05, 0.1) is 5.69 Å². The van der Waals surface area contributed by atoms with Crippen molar-refractivity contribution in [2.24, 2.45) is 0 Å². The van der Waals surface area contributed by atoms with Crippen molar-refractivity contribution in [2.45, 2.75) is 44.8 Å². The van der Waals surface area contributed by atoms with E-state index < -0.39 is 0 Å². The minimum Gasteiger partial charge on any atom is -0.483 e. The number of hydrogen-bond donors (Lipinski definition) is 2. The number of ether oxygens (including phenoxy) is 1. The molecule has 1 aliphatic rings. The lowest BCUT2D eigenvalue weighted by Crippen LogP contribution is -2.22. The van der Waals surface area contributed by atoms with Gasteiger partial charge in [-0.2, -0.15) is 0 Å². The van der Waals surface area contributed by atoms with Crippen LogP contribution in [0.1, 0.15) is 37.9 Å². The SMILES string of the molecule is O=c1[nH]ccn2c(COc3ccccc3NC3CCCCC3)nnc12. The molecule has 2 aromatic heterocycles. The number of H-pyrrole nitrogens is 1. The standard InChI is InChI=1S/C18H21N5O2/c24-18-17-22-21-16(23(17)11-10-19-18)12-25-15-9-5-4-8-14(15)20-13-6-2-1-3-7-13/h4-5,8-11,13,20H,1-3,6-7,12H2,(H,19,24). The van der Waals surface area contributed by atoms with Gasteiger partial charge in [0.25, 0.3) is 5.56 Å². The molecule has 7 nitrogen and oxygen atoms in total. The number of nitrogens with one attached hydrogen (secondary N) is 2. The number of aromatic amines is 1. The average Bonchev–Trinajstić information content (AvgIpc) is 3.06. The summed E-state index contributed by atoms with van der Waals surface area (Å²) in [5.74, 6) is 1.38. The maximum atomic E-state index is 11.7. The van der Waals surface area contributed by atoms with E-state index in [1.54, 1.807) is 16.8 Å². The zero-order chi connectivity index (χ0) is 17.1. The van der Waals surface area contributed by atoms with Gasteiger partial charge in [0.15, 0.2) is 5.82 Å². The lowest BCUT2D eigenvalue weighted by molar-refractivity contribution is 0.295. The Bertz CT molecular complexity index is 911. The van der Waals surface area contributed by atoms with Crippen LogP contribution in [0.3, 0.4) is 0 Å². The van der Waals surface area contributed by atoms with Crippen LogP contribution in [0.4, 0.5) is 5.69 Å². The third kappa shape index (κ3) is 3.35. The fourth-order valence-electron chi connectivity index (χ4n) is 3.31. The molecule has 7 heteroatoms. The Balaban J connectivity index is 1.50. The van der Waals surface area contributed by atoms with Crippen LogP contribution in [0, 0.1) is 0 Å². The second kappa shape index (κ2) is 6.96. The quantitative estimate of drug-likeness (QED) is 0.747. The summed E-state index contributed by atoms with van der Waals surface area (Å²) in [6.07, 6.45) is 9.58. The first-order valence-corrected chi connectivity index (χ1v) is 8.71. The highest BCUT2D eigenvalue weighted by molar-refractivity contribution is 5.56. The van der Waals surface area contributed by atoms with E-state index in [4.69, 9.17) is 4.74 Å². The highest BCUT2D eigenvalue weighted by Crippen LogP contribution is 2.28. The molecular formula is C18H21N5O2. The van der Waals surface area contributed by atoms with E-state index in [1.807, 2.05) is 24.3 Å². The van der Waals surface area contributed by atoms with Crippen LogP contribution in [-0.4, -0.2) is 25.6 Å². The smallest absolute Gasteiger partial charge is 0.293 e. The van der Waals surface area contributed by atoms with Crippen molar-refractivity contribution in [3.8, 4) is 5.75 Å². The second-order valence-electron chi connectivity index (χ2n) is 6.36. The monoisotopic (exact) mass is 339 g/mol. The maximum Gasteiger partial charge on any atom is 0.293 e. The van der Waals surface area contributed by atoms with E-state index in [0.717, 1.165) is 11.4 Å². The predicted octanol–water partition coefficient (Wildman–Crippen LogP) is 2.74. The third-order valence-corrected chi connectivity index (χ3v) is 4.62. The Morgan fingerprint density at radius 2 is 2.04 bits per heavy atom. The summed E-state index contributed by atoms with van der Waals surface area (Å²) in [4.78, 5) is 14.3. The fraction of sp³-hybridized carbons (Fsp3) is 0.389. The number of hydrogen-bond acceptors (Lipinski definition) is 5. The van der Waals surface area contributed by atoms with Gasteiger partial charge in [-0.3, -0.25) is 9.20 Å². The van der Waals surface area contributed by atoms with Gasteiger partial charge in [0, 0.05) is 18.4 Å². The first-order valence-electron chi connectivity index (χ1n) is 8.71. The molecule has 1 fully saturated rings. The molecule has 0 aliphatic heterocycles. The summed E-state index contributed by atoms with van der Waals surface area (Å²) >= 11 is 0. The molecule has 2 N–H and O–H groups in total. The van der Waals surface area contributed by atoms with E-state index in [0.29, 0.717) is 11.9 Å². The summed E-state index contributed by atoms with van der Waals surface area (Å²) < 4.78 is 7.62. The minimum absolute atomic E-state index is 0.244. The van der Waals surface area contributed by atoms with Crippen molar-refractivity contribution in [1.29, 1.82) is 0 Å². The van der Waals surface area contributed by atoms with Crippen LogP contribution < -0.4 is 15.6 Å². The predicted molar refractivity (Wildman–Crippen MR) is 94.9 cm³/mol. The topological polar surface area (TPSA) is 84.3 Å². The van der Waals surface area contributed by atoms with Crippen molar-refractivity contribution in [3.63, 3.8) is 0 Å². The van der Waals surface area contributed by atoms with Gasteiger partial charge < -0.3 is 15.0 Å². The number of rotatable bonds is 5. The van der Waals surface area contributed by atoms with Crippen molar-refractivity contribution in [3.05, 3.63) is 52.8 Å². The summed E-state index contributed by atoms with van der Waals surface area (Å²) in [7, 11) is 0. The average molecular weight is 339 g/mol. The Labute approximate surface area is 145 Å². The number of para-hydroxylation sites is 2. The minimum atomic E-state index is -0.263. The summed E-state index contributed by atoms with van der Waals surface area (Å²) in [5, 5.41) is 11.6. The second-order valence-corrected chi connectivity index (χ2v) is 6.36. The zero-order valence-corrected chi connectivity index (χ0v) is 13.9. The summed E-state index contributed by atoms with van der Waals surface area (Å²) in [6, 6.07) is 8.45. The van der Waals surface area contributed by atoms with Gasteiger partial charge in [-0.25, -0.2) is 0 Å². The van der Waals surface area contributed by atoms with Gasteiger partial charge in [0.2, 0.25) is 5.65 Å². The fourth-order valence-corrected chi connectivity index (χ4v) is 3.31. The van der Waals surface area contributed by atoms with Gasteiger partial charge in [0.1, 0.15) is 12.4 Å². The van der Waals surface area contributed by atoms with Crippen molar-refractivity contribution >= 4 is 11.3 Å². The van der Waals surface area contributed by atoms with Crippen LogP contribution in [-0.2, 0) is 6.61 Å². The van der Waals surface area contributed by atoms with E-state index in [1.165, 1.54) is 32.1 Å². The van der Waals surface area contributed by atoms with Crippen molar-refractivity contribution in [2.75, 3.05) is 5.32 Å². The molecule has 1 aromatic carbocycles. The highest BCUT2D eigenvalue weighted by atomic mass is 16.5. The normalized spacial score (nSPS) is 15.4. The first kappa shape index (κ1) is 15.7. The van der Waals surface area contributed by atoms with Crippen LogP contribution in [0.15, 0.2) is 41.5 Å². The van der Waals surface area contributed by atoms with Crippen LogP contribution in [0.5, 0.6) is 5.75 Å². The molecule has 0 amide bonds. The molecule has 0 atom stereocenters. The number of anilines is 1. The van der Waals surface area contributed by atoms with E-state index in [-0.39, 0.29) is 17.8 Å².